The standard InChI is InChI=1S/C15H14ClNO2/c16-13-7-4-8-14(9-13)17(11-15(18)19)10-12-5-2-1-3-6-12/h1-9H,10-11H2,(H,18,19). The first-order valence-corrected chi connectivity index (χ1v) is 6.29. The number of benzene rings is 2. The highest BCUT2D eigenvalue weighted by atomic mass is 35.5. The third kappa shape index (κ3) is 4.00. The molecule has 0 amide bonds. The molecule has 0 saturated carbocycles. The van der Waals surface area contributed by atoms with Crippen LogP contribution in [-0.2, 0) is 11.3 Å². The molecule has 0 fully saturated rings. The van der Waals surface area contributed by atoms with E-state index >= 15 is 0 Å². The molecule has 0 spiro atoms. The van der Waals surface area contributed by atoms with Gasteiger partial charge in [-0.05, 0) is 23.8 Å². The number of rotatable bonds is 5. The molecule has 0 bridgehead atoms. The van der Waals surface area contributed by atoms with Crippen molar-refractivity contribution in [3.8, 4) is 0 Å². The van der Waals surface area contributed by atoms with Gasteiger partial charge >= 0.3 is 5.97 Å². The smallest absolute Gasteiger partial charge is 0.323 e. The van der Waals surface area contributed by atoms with E-state index in [0.29, 0.717) is 11.6 Å². The SMILES string of the molecule is O=C(O)CN(Cc1ccccc1)c1cccc(Cl)c1. The molecule has 0 aliphatic carbocycles. The largest absolute Gasteiger partial charge is 0.480 e. The van der Waals surface area contributed by atoms with Gasteiger partial charge in [0, 0.05) is 17.3 Å². The Morgan fingerprint density at radius 3 is 2.47 bits per heavy atom. The second-order valence-corrected chi connectivity index (χ2v) is 4.65. The maximum Gasteiger partial charge on any atom is 0.323 e. The minimum absolute atomic E-state index is 0.0603. The molecule has 0 radical (unpaired) electrons. The van der Waals surface area contributed by atoms with Gasteiger partial charge in [-0.15, -0.1) is 0 Å². The molecule has 0 aliphatic heterocycles. The Balaban J connectivity index is 2.23. The van der Waals surface area contributed by atoms with E-state index in [2.05, 4.69) is 0 Å². The number of halogens is 1. The van der Waals surface area contributed by atoms with Crippen LogP contribution in [0.4, 0.5) is 5.69 Å². The maximum atomic E-state index is 11.0. The van der Waals surface area contributed by atoms with E-state index < -0.39 is 5.97 Å². The number of hydrogen-bond acceptors (Lipinski definition) is 2. The van der Waals surface area contributed by atoms with Crippen molar-refractivity contribution in [1.82, 2.24) is 0 Å². The summed E-state index contributed by atoms with van der Waals surface area (Å²) in [6.45, 7) is 0.475. The van der Waals surface area contributed by atoms with E-state index in [1.807, 2.05) is 42.5 Å². The number of carboxylic acid groups (broad SMARTS) is 1. The van der Waals surface area contributed by atoms with E-state index in [1.54, 1.807) is 17.0 Å². The fourth-order valence-electron chi connectivity index (χ4n) is 1.88. The first kappa shape index (κ1) is 13.4. The second-order valence-electron chi connectivity index (χ2n) is 4.22. The first-order valence-electron chi connectivity index (χ1n) is 5.91. The van der Waals surface area contributed by atoms with E-state index in [-0.39, 0.29) is 6.54 Å². The quantitative estimate of drug-likeness (QED) is 0.909. The summed E-state index contributed by atoms with van der Waals surface area (Å²) in [7, 11) is 0. The number of aliphatic carboxylic acids is 1. The average molecular weight is 276 g/mol. The van der Waals surface area contributed by atoms with Crippen molar-refractivity contribution in [2.45, 2.75) is 6.54 Å². The van der Waals surface area contributed by atoms with Crippen molar-refractivity contribution in [3.05, 3.63) is 65.2 Å². The summed E-state index contributed by atoms with van der Waals surface area (Å²) in [4.78, 5) is 12.8. The Morgan fingerprint density at radius 1 is 1.11 bits per heavy atom. The zero-order valence-electron chi connectivity index (χ0n) is 10.3. The summed E-state index contributed by atoms with van der Waals surface area (Å²) >= 11 is 5.95. The van der Waals surface area contributed by atoms with E-state index in [0.717, 1.165) is 11.3 Å². The third-order valence-corrected chi connectivity index (χ3v) is 2.95. The number of nitrogens with zero attached hydrogens (tertiary/aromatic N) is 1. The first-order chi connectivity index (χ1) is 9.15. The lowest BCUT2D eigenvalue weighted by atomic mass is 10.2. The number of carbonyl (C=O) groups is 1. The Bertz CT molecular complexity index is 557. The molecule has 2 aromatic carbocycles. The van der Waals surface area contributed by atoms with Gasteiger partial charge < -0.3 is 10.0 Å². The second kappa shape index (κ2) is 6.25. The third-order valence-electron chi connectivity index (χ3n) is 2.72. The predicted molar refractivity (Wildman–Crippen MR) is 76.6 cm³/mol. The number of anilines is 1. The molecule has 2 aromatic rings. The van der Waals surface area contributed by atoms with Crippen LogP contribution in [0.5, 0.6) is 0 Å². The summed E-state index contributed by atoms with van der Waals surface area (Å²) in [6.07, 6.45) is 0. The lowest BCUT2D eigenvalue weighted by Gasteiger charge is -2.23. The predicted octanol–water partition coefficient (Wildman–Crippen LogP) is 3.43. The van der Waals surface area contributed by atoms with Gasteiger partial charge in [0.05, 0.1) is 0 Å². The van der Waals surface area contributed by atoms with Crippen LogP contribution in [0.15, 0.2) is 54.6 Å². The molecule has 1 N–H and O–H groups in total. The van der Waals surface area contributed by atoms with Crippen molar-refractivity contribution in [2.24, 2.45) is 0 Å². The van der Waals surface area contributed by atoms with Gasteiger partial charge in [0.25, 0.3) is 0 Å². The summed E-state index contributed by atoms with van der Waals surface area (Å²) < 4.78 is 0. The topological polar surface area (TPSA) is 40.5 Å². The fraction of sp³-hybridized carbons (Fsp3) is 0.133. The van der Waals surface area contributed by atoms with Crippen LogP contribution in [0.3, 0.4) is 0 Å². The lowest BCUT2D eigenvalue weighted by Crippen LogP contribution is -2.29. The molecule has 0 heterocycles. The Kier molecular flexibility index (Phi) is 4.42. The van der Waals surface area contributed by atoms with Crippen molar-refractivity contribution in [1.29, 1.82) is 0 Å². The average Bonchev–Trinajstić information content (AvgIpc) is 2.39. The van der Waals surface area contributed by atoms with Gasteiger partial charge in [0.15, 0.2) is 0 Å². The van der Waals surface area contributed by atoms with Crippen molar-refractivity contribution >= 4 is 23.3 Å². The van der Waals surface area contributed by atoms with Gasteiger partial charge in [0.2, 0.25) is 0 Å². The van der Waals surface area contributed by atoms with Gasteiger partial charge in [-0.2, -0.15) is 0 Å². The fourth-order valence-corrected chi connectivity index (χ4v) is 2.06. The van der Waals surface area contributed by atoms with E-state index in [4.69, 9.17) is 16.7 Å². The van der Waals surface area contributed by atoms with Gasteiger partial charge in [-0.3, -0.25) is 4.79 Å². The van der Waals surface area contributed by atoms with Crippen LogP contribution in [0, 0.1) is 0 Å². The summed E-state index contributed by atoms with van der Waals surface area (Å²) in [6, 6.07) is 17.0. The van der Waals surface area contributed by atoms with Gasteiger partial charge in [-0.25, -0.2) is 0 Å². The molecule has 0 unspecified atom stereocenters. The molecule has 3 nitrogen and oxygen atoms in total. The summed E-state index contributed by atoms with van der Waals surface area (Å²) in [5.74, 6) is -0.865. The minimum atomic E-state index is -0.865. The lowest BCUT2D eigenvalue weighted by molar-refractivity contribution is -0.135. The summed E-state index contributed by atoms with van der Waals surface area (Å²) in [5.41, 5.74) is 1.86. The van der Waals surface area contributed by atoms with Gasteiger partial charge in [-0.1, -0.05) is 48.0 Å². The van der Waals surface area contributed by atoms with Crippen LogP contribution < -0.4 is 4.90 Å². The Morgan fingerprint density at radius 2 is 1.84 bits per heavy atom. The maximum absolute atomic E-state index is 11.0. The van der Waals surface area contributed by atoms with E-state index in [1.165, 1.54) is 0 Å². The van der Waals surface area contributed by atoms with Crippen molar-refractivity contribution in [3.63, 3.8) is 0 Å². The van der Waals surface area contributed by atoms with Crippen molar-refractivity contribution < 1.29 is 9.90 Å². The molecular formula is C15H14ClNO2. The number of hydrogen-bond donors (Lipinski definition) is 1. The molecule has 98 valence electrons. The highest BCUT2D eigenvalue weighted by Gasteiger charge is 2.11. The Labute approximate surface area is 117 Å². The van der Waals surface area contributed by atoms with E-state index in [9.17, 15) is 4.79 Å². The molecule has 2 rings (SSSR count). The molecule has 0 aliphatic rings. The van der Waals surface area contributed by atoms with Crippen LogP contribution in [0.25, 0.3) is 0 Å². The van der Waals surface area contributed by atoms with Crippen LogP contribution in [0.2, 0.25) is 5.02 Å². The van der Waals surface area contributed by atoms with Crippen LogP contribution >= 0.6 is 11.6 Å². The summed E-state index contributed by atoms with van der Waals surface area (Å²) in [5, 5.41) is 9.62. The molecule has 0 aromatic heterocycles. The molecular weight excluding hydrogens is 262 g/mol. The van der Waals surface area contributed by atoms with Gasteiger partial charge in [0.1, 0.15) is 6.54 Å². The zero-order valence-corrected chi connectivity index (χ0v) is 11.0. The monoisotopic (exact) mass is 275 g/mol. The highest BCUT2D eigenvalue weighted by molar-refractivity contribution is 6.30. The zero-order chi connectivity index (χ0) is 13.7. The molecule has 4 heteroatoms. The number of carboxylic acids is 1. The van der Waals surface area contributed by atoms with Crippen LogP contribution in [-0.4, -0.2) is 17.6 Å². The highest BCUT2D eigenvalue weighted by Crippen LogP contribution is 2.21. The molecule has 0 saturated heterocycles. The Hall–Kier alpha value is -2.00. The minimum Gasteiger partial charge on any atom is -0.480 e. The van der Waals surface area contributed by atoms with Crippen LogP contribution in [0.1, 0.15) is 5.56 Å². The molecule has 19 heavy (non-hydrogen) atoms. The normalized spacial score (nSPS) is 10.2. The van der Waals surface area contributed by atoms with Crippen molar-refractivity contribution in [2.75, 3.05) is 11.4 Å². The molecule has 0 atom stereocenters.